The zero-order valence-electron chi connectivity index (χ0n) is 55.8. The lowest BCUT2D eigenvalue weighted by Crippen LogP contribution is -2.30. The number of esters is 4. The van der Waals surface area contributed by atoms with Crippen molar-refractivity contribution in [1.29, 1.82) is 0 Å². The van der Waals surface area contributed by atoms with E-state index in [1.54, 1.807) is 0 Å². The van der Waals surface area contributed by atoms with Crippen LogP contribution in [-0.4, -0.2) is 96.7 Å². The maximum Gasteiger partial charge on any atom is 0.472 e. The standard InChI is InChI=1S/C67H130O17P2/c1-8-9-10-11-12-13-14-15-16-17-20-27-36-43-50-66(71)83-62(54-77-64(69)48-41-34-26-21-18-19-24-31-38-45-58(2)3)56-81-85(73,74)79-52-61(68)53-80-86(75,76)82-57-63(55-78-65(70)49-42-35-30-29-33-40-47-60(6)7)84-67(72)51-44-37-28-23-22-25-32-39-46-59(4)5/h58-63,68H,8-57H2,1-7H3,(H,73,74)(H,75,76)/t61-,62-,63-/m1/s1. The monoisotopic (exact) mass is 1270 g/mol. The Morgan fingerprint density at radius 3 is 0.791 bits per heavy atom. The number of phosphoric ester groups is 2. The molecule has 3 N–H and O–H groups in total. The molecule has 0 bridgehead atoms. The van der Waals surface area contributed by atoms with Crippen LogP contribution in [0.5, 0.6) is 0 Å². The molecule has 17 nitrogen and oxygen atoms in total. The van der Waals surface area contributed by atoms with Crippen LogP contribution in [-0.2, 0) is 65.4 Å². The van der Waals surface area contributed by atoms with Crippen LogP contribution < -0.4 is 0 Å². The lowest BCUT2D eigenvalue weighted by atomic mass is 10.0. The minimum atomic E-state index is -4.95. The van der Waals surface area contributed by atoms with Gasteiger partial charge in [0.15, 0.2) is 12.2 Å². The number of ether oxygens (including phenoxy) is 4. The first kappa shape index (κ1) is 84.1. The van der Waals surface area contributed by atoms with E-state index < -0.39 is 97.5 Å². The van der Waals surface area contributed by atoms with E-state index in [0.29, 0.717) is 31.6 Å². The molecule has 0 radical (unpaired) electrons. The van der Waals surface area contributed by atoms with E-state index in [4.69, 9.17) is 37.0 Å². The first-order valence-electron chi connectivity index (χ1n) is 34.8. The average Bonchev–Trinajstić information content (AvgIpc) is 3.57. The van der Waals surface area contributed by atoms with Gasteiger partial charge in [-0.2, -0.15) is 0 Å². The third-order valence-corrected chi connectivity index (χ3v) is 17.3. The van der Waals surface area contributed by atoms with Crippen molar-refractivity contribution in [2.75, 3.05) is 39.6 Å². The summed E-state index contributed by atoms with van der Waals surface area (Å²) in [6.07, 6.45) is 40.5. The Kier molecular flexibility index (Phi) is 56.9. The largest absolute Gasteiger partial charge is 0.472 e. The topological polar surface area (TPSA) is 237 Å². The number of carbonyl (C=O) groups excluding carboxylic acids is 4. The van der Waals surface area contributed by atoms with Gasteiger partial charge in [0.2, 0.25) is 0 Å². The number of phosphoric acid groups is 2. The van der Waals surface area contributed by atoms with Crippen molar-refractivity contribution in [3.05, 3.63) is 0 Å². The molecule has 5 atom stereocenters. The molecule has 0 saturated carbocycles. The maximum absolute atomic E-state index is 13.0. The van der Waals surface area contributed by atoms with Crippen molar-refractivity contribution in [3.8, 4) is 0 Å². The molecule has 0 amide bonds. The Morgan fingerprint density at radius 1 is 0.314 bits per heavy atom. The van der Waals surface area contributed by atoms with Gasteiger partial charge >= 0.3 is 39.5 Å². The van der Waals surface area contributed by atoms with Crippen LogP contribution in [0.1, 0.15) is 331 Å². The fourth-order valence-corrected chi connectivity index (χ4v) is 11.6. The Bertz CT molecular complexity index is 1700. The normalized spacial score (nSPS) is 14.3. The van der Waals surface area contributed by atoms with Gasteiger partial charge in [-0.3, -0.25) is 37.3 Å². The lowest BCUT2D eigenvalue weighted by molar-refractivity contribution is -0.161. The molecule has 510 valence electrons. The smallest absolute Gasteiger partial charge is 0.462 e. The second kappa shape index (κ2) is 58.2. The summed E-state index contributed by atoms with van der Waals surface area (Å²) in [6.45, 7) is 11.7. The summed E-state index contributed by atoms with van der Waals surface area (Å²) in [4.78, 5) is 72.3. The molecule has 0 rings (SSSR count). The molecule has 2 unspecified atom stereocenters. The van der Waals surface area contributed by atoms with Gasteiger partial charge in [-0.15, -0.1) is 0 Å². The summed E-state index contributed by atoms with van der Waals surface area (Å²) in [5.41, 5.74) is 0. The Hall–Kier alpha value is -1.94. The van der Waals surface area contributed by atoms with Gasteiger partial charge in [0.05, 0.1) is 26.4 Å². The zero-order chi connectivity index (χ0) is 63.8. The number of rotatable bonds is 65. The molecule has 0 aliphatic rings. The highest BCUT2D eigenvalue weighted by Crippen LogP contribution is 2.45. The lowest BCUT2D eigenvalue weighted by Gasteiger charge is -2.21. The minimum Gasteiger partial charge on any atom is -0.462 e. The van der Waals surface area contributed by atoms with Crippen molar-refractivity contribution in [3.63, 3.8) is 0 Å². The van der Waals surface area contributed by atoms with Crippen LogP contribution in [0.15, 0.2) is 0 Å². The van der Waals surface area contributed by atoms with E-state index in [9.17, 15) is 43.2 Å². The van der Waals surface area contributed by atoms with E-state index in [-0.39, 0.29) is 25.7 Å². The number of unbranched alkanes of at least 4 members (excludes halogenated alkanes) is 33. The molecule has 86 heavy (non-hydrogen) atoms. The zero-order valence-corrected chi connectivity index (χ0v) is 57.6. The number of aliphatic hydroxyl groups is 1. The third kappa shape index (κ3) is 60.9. The van der Waals surface area contributed by atoms with Crippen molar-refractivity contribution < 1.29 is 80.2 Å². The molecular formula is C67H130O17P2. The Balaban J connectivity index is 5.25. The predicted molar refractivity (Wildman–Crippen MR) is 344 cm³/mol. The molecule has 0 aromatic carbocycles. The SMILES string of the molecule is CCCCCCCCCCCCCCCCC(=O)O[C@H](COC(=O)CCCCCCCCCCCC(C)C)COP(=O)(O)OC[C@@H](O)COP(=O)(O)OC[C@@H](COC(=O)CCCCCCCCC(C)C)OC(=O)CCCCCCCCCCC(C)C. The number of aliphatic hydroxyl groups excluding tert-OH is 1. The van der Waals surface area contributed by atoms with Crippen molar-refractivity contribution in [2.45, 2.75) is 349 Å². The van der Waals surface area contributed by atoms with E-state index in [0.717, 1.165) is 108 Å². The van der Waals surface area contributed by atoms with E-state index in [2.05, 4.69) is 48.5 Å². The van der Waals surface area contributed by atoms with Gasteiger partial charge in [0, 0.05) is 25.7 Å². The summed E-state index contributed by atoms with van der Waals surface area (Å²) in [7, 11) is -9.89. The van der Waals surface area contributed by atoms with Crippen LogP contribution in [0.4, 0.5) is 0 Å². The number of hydrogen-bond acceptors (Lipinski definition) is 15. The summed E-state index contributed by atoms with van der Waals surface area (Å²) in [5.74, 6) is 0.00842. The molecular weight excluding hydrogens is 1140 g/mol. The fraction of sp³-hybridized carbons (Fsp3) is 0.940. The Morgan fingerprint density at radius 2 is 0.535 bits per heavy atom. The highest BCUT2D eigenvalue weighted by Gasteiger charge is 2.30. The van der Waals surface area contributed by atoms with Gasteiger partial charge in [0.25, 0.3) is 0 Å². The molecule has 0 saturated heterocycles. The van der Waals surface area contributed by atoms with Crippen LogP contribution in [0.2, 0.25) is 0 Å². The van der Waals surface area contributed by atoms with Gasteiger partial charge in [-0.1, -0.05) is 280 Å². The quantitative estimate of drug-likeness (QED) is 0.0222. The van der Waals surface area contributed by atoms with Crippen molar-refractivity contribution in [1.82, 2.24) is 0 Å². The molecule has 0 aromatic heterocycles. The van der Waals surface area contributed by atoms with Gasteiger partial charge in [0.1, 0.15) is 19.3 Å². The summed E-state index contributed by atoms with van der Waals surface area (Å²) in [5, 5.41) is 10.6. The molecule has 0 aromatic rings. The second-order valence-electron chi connectivity index (χ2n) is 25.6. The molecule has 0 heterocycles. The van der Waals surface area contributed by atoms with Crippen molar-refractivity contribution in [2.24, 2.45) is 17.8 Å². The molecule has 0 fully saturated rings. The maximum atomic E-state index is 13.0. The molecule has 0 aliphatic heterocycles. The molecule has 0 aliphatic carbocycles. The van der Waals surface area contributed by atoms with E-state index in [1.807, 2.05) is 0 Å². The van der Waals surface area contributed by atoms with Gasteiger partial charge in [-0.05, 0) is 43.4 Å². The van der Waals surface area contributed by atoms with Crippen LogP contribution >= 0.6 is 15.6 Å². The first-order valence-corrected chi connectivity index (χ1v) is 37.8. The summed E-state index contributed by atoms with van der Waals surface area (Å²) < 4.78 is 68.1. The third-order valence-electron chi connectivity index (χ3n) is 15.4. The van der Waals surface area contributed by atoms with Crippen molar-refractivity contribution >= 4 is 39.5 Å². The Labute approximate surface area is 524 Å². The van der Waals surface area contributed by atoms with E-state index in [1.165, 1.54) is 135 Å². The highest BCUT2D eigenvalue weighted by molar-refractivity contribution is 7.47. The predicted octanol–water partition coefficient (Wildman–Crippen LogP) is 18.7. The average molecular weight is 1270 g/mol. The fourth-order valence-electron chi connectivity index (χ4n) is 10.0. The van der Waals surface area contributed by atoms with Crippen LogP contribution in [0.25, 0.3) is 0 Å². The molecule has 19 heteroatoms. The van der Waals surface area contributed by atoms with Gasteiger partial charge < -0.3 is 33.8 Å². The summed E-state index contributed by atoms with van der Waals surface area (Å²) >= 11 is 0. The molecule has 0 spiro atoms. The van der Waals surface area contributed by atoms with Crippen LogP contribution in [0, 0.1) is 17.8 Å². The van der Waals surface area contributed by atoms with Gasteiger partial charge in [-0.25, -0.2) is 9.13 Å². The van der Waals surface area contributed by atoms with Crippen LogP contribution in [0.3, 0.4) is 0 Å². The minimum absolute atomic E-state index is 0.103. The number of carbonyl (C=O) groups is 4. The number of hydrogen-bond donors (Lipinski definition) is 3. The summed E-state index contributed by atoms with van der Waals surface area (Å²) in [6, 6.07) is 0. The second-order valence-corrected chi connectivity index (χ2v) is 28.5. The van der Waals surface area contributed by atoms with E-state index >= 15 is 0 Å². The first-order chi connectivity index (χ1) is 41.2. The highest BCUT2D eigenvalue weighted by atomic mass is 31.2.